The van der Waals surface area contributed by atoms with Crippen molar-refractivity contribution in [2.75, 3.05) is 0 Å². The molecular formula is C28H41N. The van der Waals surface area contributed by atoms with Crippen molar-refractivity contribution >= 4 is 0 Å². The number of rotatable bonds is 13. The van der Waals surface area contributed by atoms with Crippen molar-refractivity contribution < 1.29 is 0 Å². The van der Waals surface area contributed by atoms with Crippen LogP contribution in [0.1, 0.15) is 60.8 Å². The van der Waals surface area contributed by atoms with E-state index < -0.39 is 0 Å². The van der Waals surface area contributed by atoms with Gasteiger partial charge in [0.1, 0.15) is 0 Å². The van der Waals surface area contributed by atoms with Crippen LogP contribution in [0.15, 0.2) is 109 Å². The van der Waals surface area contributed by atoms with E-state index in [1.807, 2.05) is 25.2 Å². The zero-order valence-corrected chi connectivity index (χ0v) is 19.5. The highest BCUT2D eigenvalue weighted by atomic mass is 15.2. The maximum absolute atomic E-state index is 4.16. The summed E-state index contributed by atoms with van der Waals surface area (Å²) < 4.78 is 0. The lowest BCUT2D eigenvalue weighted by Gasteiger charge is -2.28. The third kappa shape index (κ3) is 11.1. The van der Waals surface area contributed by atoms with Crippen LogP contribution in [0.2, 0.25) is 0 Å². The summed E-state index contributed by atoms with van der Waals surface area (Å²) in [5.74, 6) is 0.598. The first-order valence-electron chi connectivity index (χ1n) is 10.6. The lowest BCUT2D eigenvalue weighted by molar-refractivity contribution is 0.547. The van der Waals surface area contributed by atoms with Crippen LogP contribution in [0.5, 0.6) is 0 Å². The second kappa shape index (κ2) is 15.4. The molecule has 0 saturated heterocycles. The van der Waals surface area contributed by atoms with Crippen LogP contribution in [0.25, 0.3) is 0 Å². The summed E-state index contributed by atoms with van der Waals surface area (Å²) in [6, 6.07) is 0. The van der Waals surface area contributed by atoms with Crippen molar-refractivity contribution in [1.82, 2.24) is 4.90 Å². The Morgan fingerprint density at radius 3 is 2.21 bits per heavy atom. The van der Waals surface area contributed by atoms with Crippen LogP contribution in [-0.2, 0) is 0 Å². The molecule has 1 heteroatoms. The van der Waals surface area contributed by atoms with Crippen molar-refractivity contribution in [2.45, 2.75) is 60.8 Å². The minimum absolute atomic E-state index is 0.598. The van der Waals surface area contributed by atoms with Gasteiger partial charge in [-0.25, -0.2) is 0 Å². The van der Waals surface area contributed by atoms with Gasteiger partial charge < -0.3 is 4.90 Å². The standard InChI is InChI=1S/C28H41N/c1-10-15-26(9)29(27(13-4)22-19-23(5)6)28(16-11-2)18-14-17-25(8)21-20-24(7)12-3/h11-16,18,20-23H,2,4,8,10,17,19H2,1,3,5-7,9H3/b18-14-,21-20-,24-12-,26-15+,27-22+,28-16+. The van der Waals surface area contributed by atoms with Gasteiger partial charge in [0.05, 0.1) is 0 Å². The minimum Gasteiger partial charge on any atom is -0.315 e. The Morgan fingerprint density at radius 2 is 1.69 bits per heavy atom. The first kappa shape index (κ1) is 26.5. The predicted molar refractivity (Wildman–Crippen MR) is 133 cm³/mol. The topological polar surface area (TPSA) is 3.24 Å². The molecule has 0 bridgehead atoms. The van der Waals surface area contributed by atoms with E-state index in [1.54, 1.807) is 0 Å². The summed E-state index contributed by atoms with van der Waals surface area (Å²) in [7, 11) is 0. The molecule has 0 spiro atoms. The van der Waals surface area contributed by atoms with E-state index >= 15 is 0 Å². The van der Waals surface area contributed by atoms with Gasteiger partial charge in [-0.05, 0) is 64.2 Å². The summed E-state index contributed by atoms with van der Waals surface area (Å²) in [5, 5.41) is 0. The Hall–Kier alpha value is -2.54. The van der Waals surface area contributed by atoms with E-state index in [4.69, 9.17) is 0 Å². The molecule has 1 nitrogen and oxygen atoms in total. The summed E-state index contributed by atoms with van der Waals surface area (Å²) in [4.78, 5) is 2.25. The molecule has 0 aromatic rings. The van der Waals surface area contributed by atoms with Crippen molar-refractivity contribution in [2.24, 2.45) is 5.92 Å². The van der Waals surface area contributed by atoms with Crippen molar-refractivity contribution in [3.05, 3.63) is 109 Å². The number of hydrogen-bond donors (Lipinski definition) is 0. The zero-order valence-electron chi connectivity index (χ0n) is 19.5. The monoisotopic (exact) mass is 391 g/mol. The molecule has 0 aromatic carbocycles. The number of allylic oxidation sites excluding steroid dienone is 13. The van der Waals surface area contributed by atoms with Gasteiger partial charge in [-0.3, -0.25) is 0 Å². The molecule has 0 unspecified atom stereocenters. The average molecular weight is 392 g/mol. The number of hydrogen-bond acceptors (Lipinski definition) is 1. The molecule has 0 heterocycles. The third-order valence-corrected chi connectivity index (χ3v) is 4.37. The predicted octanol–water partition coefficient (Wildman–Crippen LogP) is 8.81. The molecule has 29 heavy (non-hydrogen) atoms. The second-order valence-electron chi connectivity index (χ2n) is 7.51. The van der Waals surface area contributed by atoms with E-state index in [-0.39, 0.29) is 0 Å². The van der Waals surface area contributed by atoms with E-state index in [9.17, 15) is 0 Å². The minimum atomic E-state index is 0.598. The highest BCUT2D eigenvalue weighted by Gasteiger charge is 2.12. The molecule has 0 aromatic heterocycles. The first-order chi connectivity index (χ1) is 13.8. The fourth-order valence-corrected chi connectivity index (χ4v) is 2.64. The van der Waals surface area contributed by atoms with Crippen LogP contribution >= 0.6 is 0 Å². The Balaban J connectivity index is 5.79. The Morgan fingerprint density at radius 1 is 1.00 bits per heavy atom. The van der Waals surface area contributed by atoms with Crippen LogP contribution in [0, 0.1) is 5.92 Å². The van der Waals surface area contributed by atoms with Crippen molar-refractivity contribution in [3.63, 3.8) is 0 Å². The Labute approximate surface area is 180 Å². The van der Waals surface area contributed by atoms with Gasteiger partial charge in [0.2, 0.25) is 0 Å². The second-order valence-corrected chi connectivity index (χ2v) is 7.51. The maximum Gasteiger partial charge on any atom is 0.0454 e. The lowest BCUT2D eigenvalue weighted by Crippen LogP contribution is -2.19. The van der Waals surface area contributed by atoms with Gasteiger partial charge in [0.25, 0.3) is 0 Å². The molecule has 0 aliphatic carbocycles. The van der Waals surface area contributed by atoms with Crippen LogP contribution < -0.4 is 0 Å². The third-order valence-electron chi connectivity index (χ3n) is 4.37. The van der Waals surface area contributed by atoms with Gasteiger partial charge in [-0.15, -0.1) is 0 Å². The maximum atomic E-state index is 4.16. The SMILES string of the molecule is C=C/C=C(\C=C/CC(=C)/C=C\C(C)=C/C)N(/C(C)=C/CC)/C(C=C)=C/CC(C)C. The average Bonchev–Trinajstić information content (AvgIpc) is 2.68. The van der Waals surface area contributed by atoms with Gasteiger partial charge >= 0.3 is 0 Å². The smallest absolute Gasteiger partial charge is 0.0454 e. The molecule has 0 atom stereocenters. The van der Waals surface area contributed by atoms with Gasteiger partial charge in [0, 0.05) is 17.1 Å². The zero-order chi connectivity index (χ0) is 22.2. The summed E-state index contributed by atoms with van der Waals surface area (Å²) in [5.41, 5.74) is 5.66. The molecule has 0 aliphatic heterocycles. The van der Waals surface area contributed by atoms with E-state index in [2.05, 4.69) is 102 Å². The van der Waals surface area contributed by atoms with E-state index in [0.29, 0.717) is 5.92 Å². The number of nitrogens with zero attached hydrogens (tertiary/aromatic N) is 1. The summed E-state index contributed by atoms with van der Waals surface area (Å²) in [6.07, 6.45) is 23.6. The molecular weight excluding hydrogens is 350 g/mol. The fourth-order valence-electron chi connectivity index (χ4n) is 2.64. The molecule has 0 fully saturated rings. The lowest BCUT2D eigenvalue weighted by atomic mass is 10.1. The molecule has 158 valence electrons. The highest BCUT2D eigenvalue weighted by molar-refractivity contribution is 5.36. The highest BCUT2D eigenvalue weighted by Crippen LogP contribution is 2.24. The molecule has 0 saturated carbocycles. The quantitative estimate of drug-likeness (QED) is 0.283. The summed E-state index contributed by atoms with van der Waals surface area (Å²) in [6.45, 7) is 25.0. The molecule has 0 radical (unpaired) electrons. The van der Waals surface area contributed by atoms with Crippen molar-refractivity contribution in [3.8, 4) is 0 Å². The van der Waals surface area contributed by atoms with Gasteiger partial charge in [-0.1, -0.05) is 94.2 Å². The van der Waals surface area contributed by atoms with Crippen LogP contribution in [-0.4, -0.2) is 4.90 Å². The first-order valence-corrected chi connectivity index (χ1v) is 10.6. The fraction of sp³-hybridized carbons (Fsp3) is 0.357. The van der Waals surface area contributed by atoms with Crippen molar-refractivity contribution in [1.29, 1.82) is 0 Å². The molecule has 0 aliphatic rings. The van der Waals surface area contributed by atoms with Crippen LogP contribution in [0.3, 0.4) is 0 Å². The normalized spacial score (nSPS) is 14.2. The van der Waals surface area contributed by atoms with Gasteiger partial charge in [-0.2, -0.15) is 0 Å². The molecule has 0 rings (SSSR count). The Kier molecular flexibility index (Phi) is 14.0. The van der Waals surface area contributed by atoms with Crippen LogP contribution in [0.4, 0.5) is 0 Å². The summed E-state index contributed by atoms with van der Waals surface area (Å²) >= 11 is 0. The molecule has 0 N–H and O–H groups in total. The Bertz CT molecular complexity index is 717. The van der Waals surface area contributed by atoms with Gasteiger partial charge in [0.15, 0.2) is 0 Å². The van der Waals surface area contributed by atoms with E-state index in [0.717, 1.165) is 36.2 Å². The largest absolute Gasteiger partial charge is 0.315 e. The molecule has 0 amide bonds. The van der Waals surface area contributed by atoms with E-state index in [1.165, 1.54) is 11.3 Å².